The Kier molecular flexibility index (Phi) is 4.65. The third-order valence-corrected chi connectivity index (χ3v) is 4.59. The summed E-state index contributed by atoms with van der Waals surface area (Å²) in [7, 11) is 1.53. The first-order valence-electron chi connectivity index (χ1n) is 8.82. The van der Waals surface area contributed by atoms with Crippen LogP contribution in [0.15, 0.2) is 59.9 Å². The highest BCUT2D eigenvalue weighted by molar-refractivity contribution is 5.57. The van der Waals surface area contributed by atoms with Crippen LogP contribution in [0.4, 0.5) is 13.2 Å². The Labute approximate surface area is 163 Å². The molecule has 6 nitrogen and oxygen atoms in total. The van der Waals surface area contributed by atoms with Gasteiger partial charge in [-0.3, -0.25) is 4.79 Å². The summed E-state index contributed by atoms with van der Waals surface area (Å²) in [6.45, 7) is 0.556. The second-order valence-corrected chi connectivity index (χ2v) is 6.65. The van der Waals surface area contributed by atoms with E-state index in [1.807, 2.05) is 12.1 Å². The molecular weight excluding hydrogens is 383 g/mol. The summed E-state index contributed by atoms with van der Waals surface area (Å²) in [4.78, 5) is 23.5. The molecule has 0 bridgehead atoms. The van der Waals surface area contributed by atoms with Gasteiger partial charge in [0.25, 0.3) is 5.56 Å². The summed E-state index contributed by atoms with van der Waals surface area (Å²) in [6.07, 6.45) is 0.415. The van der Waals surface area contributed by atoms with Crippen molar-refractivity contribution in [1.82, 2.24) is 24.1 Å². The van der Waals surface area contributed by atoms with E-state index >= 15 is 0 Å². The molecule has 2 aliphatic rings. The lowest BCUT2D eigenvalue weighted by atomic mass is 10.1. The van der Waals surface area contributed by atoms with Crippen molar-refractivity contribution in [2.24, 2.45) is 7.05 Å². The molecule has 0 amide bonds. The van der Waals surface area contributed by atoms with Crippen LogP contribution in [0, 0.1) is 0 Å². The Balaban J connectivity index is 1.52. The summed E-state index contributed by atoms with van der Waals surface area (Å²) < 4.78 is 41.7. The second kappa shape index (κ2) is 7.16. The van der Waals surface area contributed by atoms with Crippen molar-refractivity contribution in [2.45, 2.75) is 19.1 Å². The van der Waals surface area contributed by atoms with E-state index in [2.05, 4.69) is 15.0 Å². The summed E-state index contributed by atoms with van der Waals surface area (Å²) in [5.41, 5.74) is 1.14. The Bertz CT molecular complexity index is 1180. The maximum Gasteiger partial charge on any atom is 0.434 e. The minimum Gasteiger partial charge on any atom is -0.333 e. The predicted molar refractivity (Wildman–Crippen MR) is 100 cm³/mol. The van der Waals surface area contributed by atoms with Crippen LogP contribution < -0.4 is 5.56 Å². The third kappa shape index (κ3) is 3.89. The van der Waals surface area contributed by atoms with Gasteiger partial charge in [-0.25, -0.2) is 9.97 Å². The van der Waals surface area contributed by atoms with Gasteiger partial charge in [0.15, 0.2) is 5.69 Å². The summed E-state index contributed by atoms with van der Waals surface area (Å²) >= 11 is 0. The van der Waals surface area contributed by atoms with Crippen LogP contribution in [0.5, 0.6) is 0 Å². The zero-order valence-corrected chi connectivity index (χ0v) is 15.4. The van der Waals surface area contributed by atoms with Gasteiger partial charge in [0.1, 0.15) is 11.6 Å². The van der Waals surface area contributed by atoms with Gasteiger partial charge < -0.3 is 9.13 Å². The normalized spacial score (nSPS) is 11.9. The smallest absolute Gasteiger partial charge is 0.333 e. The summed E-state index contributed by atoms with van der Waals surface area (Å²) in [5.74, 6) is 0.820. The van der Waals surface area contributed by atoms with E-state index in [1.165, 1.54) is 17.7 Å². The monoisotopic (exact) mass is 399 g/mol. The number of fused-ring (bicyclic) bond motifs is 1. The second-order valence-electron chi connectivity index (χ2n) is 6.65. The van der Waals surface area contributed by atoms with E-state index in [4.69, 9.17) is 0 Å². The van der Waals surface area contributed by atoms with Gasteiger partial charge in [0.05, 0.1) is 6.33 Å². The Morgan fingerprint density at radius 2 is 1.69 bits per heavy atom. The maximum atomic E-state index is 12.9. The van der Waals surface area contributed by atoms with Gasteiger partial charge >= 0.3 is 6.18 Å². The zero-order chi connectivity index (χ0) is 20.6. The Hall–Kier alpha value is -3.49. The number of halogens is 3. The number of alkyl halides is 3. The molecule has 0 saturated heterocycles. The Morgan fingerprint density at radius 3 is 2.38 bits per heavy atom. The number of benzene rings is 1. The molecule has 2 aromatic rings. The maximum absolute atomic E-state index is 12.9. The molecule has 148 valence electrons. The molecule has 29 heavy (non-hydrogen) atoms. The number of hydrogen-bond acceptors (Lipinski definition) is 4. The van der Waals surface area contributed by atoms with Crippen LogP contribution in [0.2, 0.25) is 0 Å². The van der Waals surface area contributed by atoms with Crippen LogP contribution in [0.25, 0.3) is 22.8 Å². The van der Waals surface area contributed by atoms with E-state index in [-0.39, 0.29) is 11.4 Å². The van der Waals surface area contributed by atoms with E-state index in [0.29, 0.717) is 24.4 Å². The predicted octanol–water partition coefficient (Wildman–Crippen LogP) is 3.41. The highest BCUT2D eigenvalue weighted by atomic mass is 19.4. The number of pyridine rings is 1. The zero-order valence-electron chi connectivity index (χ0n) is 15.4. The number of imidazole rings is 1. The quantitative estimate of drug-likeness (QED) is 0.528. The van der Waals surface area contributed by atoms with Crippen LogP contribution in [0.3, 0.4) is 0 Å². The molecule has 0 unspecified atom stereocenters. The van der Waals surface area contributed by atoms with Gasteiger partial charge in [-0.15, -0.1) is 0 Å². The SMILES string of the molecule is Cn1cc(C(F)(F)F)nc1-c1ccc(CCn2cncc3ccc(=O)nc2-3)cc1. The van der Waals surface area contributed by atoms with Crippen molar-refractivity contribution in [3.05, 3.63) is 76.7 Å². The van der Waals surface area contributed by atoms with E-state index in [9.17, 15) is 18.0 Å². The molecule has 2 aliphatic heterocycles. The topological polar surface area (TPSA) is 65.6 Å². The first-order valence-corrected chi connectivity index (χ1v) is 8.82. The molecule has 0 spiro atoms. The molecular formula is C20H16F3N5O. The van der Waals surface area contributed by atoms with Crippen molar-refractivity contribution in [1.29, 1.82) is 0 Å². The highest BCUT2D eigenvalue weighted by Gasteiger charge is 2.34. The molecule has 1 aromatic heterocycles. The number of rotatable bonds is 4. The number of nitrogens with zero attached hydrogens (tertiary/aromatic N) is 5. The lowest BCUT2D eigenvalue weighted by Gasteiger charge is -2.13. The van der Waals surface area contributed by atoms with E-state index in [1.54, 1.807) is 35.3 Å². The molecule has 0 N–H and O–H groups in total. The molecule has 0 aliphatic carbocycles. The largest absolute Gasteiger partial charge is 0.434 e. The fraction of sp³-hybridized carbons (Fsp3) is 0.200. The molecule has 9 heteroatoms. The third-order valence-electron chi connectivity index (χ3n) is 4.59. The fourth-order valence-electron chi connectivity index (χ4n) is 3.13. The van der Waals surface area contributed by atoms with Crippen molar-refractivity contribution < 1.29 is 13.2 Å². The number of aromatic nitrogens is 5. The van der Waals surface area contributed by atoms with E-state index < -0.39 is 11.9 Å². The van der Waals surface area contributed by atoms with Crippen molar-refractivity contribution in [2.75, 3.05) is 0 Å². The number of hydrogen-bond donors (Lipinski definition) is 0. The first kappa shape index (κ1) is 18.9. The molecule has 0 fully saturated rings. The standard InChI is InChI=1S/C20H16F3N5O/c1-27-11-16(20(21,22)23)25-18(27)14-4-2-13(3-5-14)8-9-28-12-24-10-15-6-7-17(29)26-19(15)28/h2-7,10-12H,8-9H2,1H3. The van der Waals surface area contributed by atoms with E-state index in [0.717, 1.165) is 17.3 Å². The molecule has 0 atom stereocenters. The van der Waals surface area contributed by atoms with Crippen LogP contribution in [-0.2, 0) is 26.2 Å². The van der Waals surface area contributed by atoms with Crippen molar-refractivity contribution >= 4 is 0 Å². The van der Waals surface area contributed by atoms with Gasteiger partial charge in [-0.1, -0.05) is 24.3 Å². The van der Waals surface area contributed by atoms with Gasteiger partial charge in [0.2, 0.25) is 0 Å². The minimum absolute atomic E-state index is 0.253. The average molecular weight is 399 g/mol. The minimum atomic E-state index is -4.47. The number of aryl methyl sites for hydroxylation is 3. The van der Waals surface area contributed by atoms with Crippen LogP contribution in [0.1, 0.15) is 11.3 Å². The highest BCUT2D eigenvalue weighted by Crippen LogP contribution is 2.30. The molecule has 4 rings (SSSR count). The average Bonchev–Trinajstić information content (AvgIpc) is 3.09. The summed E-state index contributed by atoms with van der Waals surface area (Å²) in [5, 5.41) is 0. The first-order chi connectivity index (χ1) is 13.8. The summed E-state index contributed by atoms with van der Waals surface area (Å²) in [6, 6.07) is 10.3. The molecule has 1 aromatic carbocycles. The van der Waals surface area contributed by atoms with Gasteiger partial charge in [0, 0.05) is 43.2 Å². The lowest BCUT2D eigenvalue weighted by Crippen LogP contribution is -2.14. The van der Waals surface area contributed by atoms with Gasteiger partial charge in [-0.2, -0.15) is 18.2 Å². The van der Waals surface area contributed by atoms with Crippen molar-refractivity contribution in [3.63, 3.8) is 0 Å². The fourth-order valence-corrected chi connectivity index (χ4v) is 3.13. The molecule has 0 radical (unpaired) electrons. The Morgan fingerprint density at radius 1 is 0.966 bits per heavy atom. The van der Waals surface area contributed by atoms with Gasteiger partial charge in [-0.05, 0) is 18.1 Å². The van der Waals surface area contributed by atoms with Crippen LogP contribution in [-0.4, -0.2) is 24.1 Å². The van der Waals surface area contributed by atoms with Crippen LogP contribution >= 0.6 is 0 Å². The van der Waals surface area contributed by atoms with Crippen molar-refractivity contribution in [3.8, 4) is 22.8 Å². The lowest BCUT2D eigenvalue weighted by molar-refractivity contribution is -0.140. The molecule has 0 saturated carbocycles. The molecule has 3 heterocycles.